The first-order valence-electron chi connectivity index (χ1n) is 11.2. The zero-order valence-electron chi connectivity index (χ0n) is 19.1. The lowest BCUT2D eigenvalue weighted by Gasteiger charge is -2.34. The van der Waals surface area contributed by atoms with Crippen LogP contribution < -0.4 is 5.32 Å². The molecule has 1 fully saturated rings. The Balaban J connectivity index is 1.32. The Kier molecular flexibility index (Phi) is 6.93. The molecule has 0 bridgehead atoms. The lowest BCUT2D eigenvalue weighted by molar-refractivity contribution is -0.126. The van der Waals surface area contributed by atoms with Crippen LogP contribution in [0.2, 0.25) is 0 Å². The molecule has 1 N–H and O–H groups in total. The van der Waals surface area contributed by atoms with E-state index in [-0.39, 0.29) is 29.5 Å². The third kappa shape index (κ3) is 5.33. The predicted octanol–water partition coefficient (Wildman–Crippen LogP) is 4.96. The van der Waals surface area contributed by atoms with E-state index in [1.165, 1.54) is 23.5 Å². The molecule has 0 aliphatic carbocycles. The van der Waals surface area contributed by atoms with E-state index in [4.69, 9.17) is 4.42 Å². The molecule has 1 aromatic carbocycles. The van der Waals surface area contributed by atoms with Gasteiger partial charge in [0.2, 0.25) is 5.91 Å². The highest BCUT2D eigenvalue weighted by molar-refractivity contribution is 7.17. The SMILES string of the molecule is Cc1ccc(CNC(=O)[C@H](C)C2CCN(C(=O)c3sc(-c4ccc(F)cc4)nc3C)CC2)o1. The number of hydrogen-bond acceptors (Lipinski definition) is 5. The largest absolute Gasteiger partial charge is 0.465 e. The van der Waals surface area contributed by atoms with Crippen molar-refractivity contribution in [2.45, 2.75) is 40.2 Å². The van der Waals surface area contributed by atoms with Gasteiger partial charge in [-0.3, -0.25) is 9.59 Å². The number of carbonyl (C=O) groups is 2. The van der Waals surface area contributed by atoms with Crippen LogP contribution in [-0.2, 0) is 11.3 Å². The average molecular weight is 470 g/mol. The van der Waals surface area contributed by atoms with Crippen LogP contribution in [-0.4, -0.2) is 34.8 Å². The number of hydrogen-bond donors (Lipinski definition) is 1. The Morgan fingerprint density at radius 2 is 1.88 bits per heavy atom. The van der Waals surface area contributed by atoms with Gasteiger partial charge in [0.15, 0.2) is 0 Å². The molecule has 2 amide bonds. The van der Waals surface area contributed by atoms with Crippen molar-refractivity contribution >= 4 is 23.2 Å². The number of benzene rings is 1. The Hall–Kier alpha value is -3.00. The molecule has 4 rings (SSSR count). The van der Waals surface area contributed by atoms with Crippen LogP contribution in [0.15, 0.2) is 40.8 Å². The quantitative estimate of drug-likeness (QED) is 0.553. The van der Waals surface area contributed by atoms with E-state index in [9.17, 15) is 14.0 Å². The third-order valence-electron chi connectivity index (χ3n) is 6.26. The summed E-state index contributed by atoms with van der Waals surface area (Å²) in [4.78, 5) is 32.7. The fraction of sp³-hybridized carbons (Fsp3) is 0.400. The van der Waals surface area contributed by atoms with E-state index >= 15 is 0 Å². The summed E-state index contributed by atoms with van der Waals surface area (Å²) >= 11 is 1.34. The van der Waals surface area contributed by atoms with Gasteiger partial charge >= 0.3 is 0 Å². The van der Waals surface area contributed by atoms with Gasteiger partial charge < -0.3 is 14.6 Å². The van der Waals surface area contributed by atoms with Crippen molar-refractivity contribution in [2.24, 2.45) is 11.8 Å². The molecule has 0 unspecified atom stereocenters. The van der Waals surface area contributed by atoms with Crippen LogP contribution in [0.25, 0.3) is 10.6 Å². The van der Waals surface area contributed by atoms with E-state index in [0.29, 0.717) is 35.2 Å². The number of aromatic nitrogens is 1. The molecular formula is C25H28FN3O3S. The smallest absolute Gasteiger partial charge is 0.265 e. The molecule has 1 aliphatic heterocycles. The van der Waals surface area contributed by atoms with Gasteiger partial charge in [0.1, 0.15) is 27.2 Å². The highest BCUT2D eigenvalue weighted by Crippen LogP contribution is 2.31. The second kappa shape index (κ2) is 9.87. The van der Waals surface area contributed by atoms with Crippen LogP contribution in [0, 0.1) is 31.5 Å². The maximum absolute atomic E-state index is 13.2. The van der Waals surface area contributed by atoms with Gasteiger partial charge in [-0.15, -0.1) is 11.3 Å². The fourth-order valence-corrected chi connectivity index (χ4v) is 5.23. The highest BCUT2D eigenvalue weighted by Gasteiger charge is 2.31. The number of rotatable bonds is 6. The molecule has 1 atom stereocenters. The van der Waals surface area contributed by atoms with Crippen molar-refractivity contribution in [3.8, 4) is 10.6 Å². The summed E-state index contributed by atoms with van der Waals surface area (Å²) in [6.07, 6.45) is 1.56. The summed E-state index contributed by atoms with van der Waals surface area (Å²) in [6.45, 7) is 7.27. The minimum Gasteiger partial charge on any atom is -0.465 e. The zero-order valence-corrected chi connectivity index (χ0v) is 19.9. The lowest BCUT2D eigenvalue weighted by atomic mass is 9.85. The van der Waals surface area contributed by atoms with Crippen molar-refractivity contribution in [2.75, 3.05) is 13.1 Å². The van der Waals surface area contributed by atoms with Gasteiger partial charge in [0, 0.05) is 24.6 Å². The van der Waals surface area contributed by atoms with Crippen LogP contribution in [0.3, 0.4) is 0 Å². The van der Waals surface area contributed by atoms with Gasteiger partial charge in [-0.25, -0.2) is 9.37 Å². The summed E-state index contributed by atoms with van der Waals surface area (Å²) in [6, 6.07) is 9.88. The van der Waals surface area contributed by atoms with Gasteiger partial charge in [0.25, 0.3) is 5.91 Å². The van der Waals surface area contributed by atoms with Gasteiger partial charge in [0.05, 0.1) is 12.2 Å². The normalized spacial score (nSPS) is 15.5. The van der Waals surface area contributed by atoms with E-state index in [2.05, 4.69) is 10.3 Å². The molecule has 174 valence electrons. The Morgan fingerprint density at radius 1 is 1.18 bits per heavy atom. The number of thiazole rings is 1. The molecule has 8 heteroatoms. The van der Waals surface area contributed by atoms with Crippen LogP contribution in [0.1, 0.15) is 46.7 Å². The Labute approximate surface area is 196 Å². The standard InChI is InChI=1S/C25H28FN3O3S/c1-15-4-9-21(32-15)14-27-23(30)16(2)18-10-12-29(13-11-18)25(31)22-17(3)28-24(33-22)19-5-7-20(26)8-6-19/h4-9,16,18H,10-14H2,1-3H3,(H,27,30)/t16-/m1/s1. The summed E-state index contributed by atoms with van der Waals surface area (Å²) in [5.41, 5.74) is 1.49. The van der Waals surface area contributed by atoms with Crippen molar-refractivity contribution < 1.29 is 18.4 Å². The summed E-state index contributed by atoms with van der Waals surface area (Å²) < 4.78 is 18.7. The van der Waals surface area contributed by atoms with Crippen molar-refractivity contribution in [1.82, 2.24) is 15.2 Å². The van der Waals surface area contributed by atoms with Gasteiger partial charge in [-0.2, -0.15) is 0 Å². The zero-order chi connectivity index (χ0) is 23.5. The number of aryl methyl sites for hydroxylation is 2. The van der Waals surface area contributed by atoms with Crippen molar-refractivity contribution in [3.63, 3.8) is 0 Å². The molecule has 6 nitrogen and oxygen atoms in total. The lowest BCUT2D eigenvalue weighted by Crippen LogP contribution is -2.42. The van der Waals surface area contributed by atoms with Crippen molar-refractivity contribution in [1.29, 1.82) is 0 Å². The fourth-order valence-electron chi connectivity index (χ4n) is 4.19. The number of halogens is 1. The van der Waals surface area contributed by atoms with E-state index in [1.807, 2.05) is 37.8 Å². The number of piperidine rings is 1. The minimum atomic E-state index is -0.301. The van der Waals surface area contributed by atoms with E-state index < -0.39 is 0 Å². The molecule has 1 aliphatic rings. The third-order valence-corrected chi connectivity index (χ3v) is 7.46. The molecular weight excluding hydrogens is 441 g/mol. The predicted molar refractivity (Wildman–Crippen MR) is 125 cm³/mol. The van der Waals surface area contributed by atoms with Crippen LogP contribution in [0.5, 0.6) is 0 Å². The Morgan fingerprint density at radius 3 is 2.52 bits per heavy atom. The molecule has 33 heavy (non-hydrogen) atoms. The first kappa shape index (κ1) is 23.2. The Bertz CT molecular complexity index is 1130. The summed E-state index contributed by atoms with van der Waals surface area (Å²) in [5, 5.41) is 3.67. The molecule has 0 spiro atoms. The number of carbonyl (C=O) groups excluding carboxylic acids is 2. The number of likely N-dealkylation sites (tertiary alicyclic amines) is 1. The van der Waals surface area contributed by atoms with Crippen LogP contribution in [0.4, 0.5) is 4.39 Å². The monoisotopic (exact) mass is 469 g/mol. The van der Waals surface area contributed by atoms with Gasteiger partial charge in [-0.1, -0.05) is 6.92 Å². The number of nitrogens with one attached hydrogen (secondary N) is 1. The molecule has 0 saturated carbocycles. The summed E-state index contributed by atoms with van der Waals surface area (Å²) in [5.74, 6) is 1.35. The second-order valence-electron chi connectivity index (χ2n) is 8.59. The maximum atomic E-state index is 13.2. The number of furan rings is 1. The van der Waals surface area contributed by atoms with Gasteiger partial charge in [-0.05, 0) is 69.0 Å². The van der Waals surface area contributed by atoms with E-state index in [0.717, 1.165) is 29.9 Å². The molecule has 2 aromatic heterocycles. The summed E-state index contributed by atoms with van der Waals surface area (Å²) in [7, 11) is 0. The maximum Gasteiger partial charge on any atom is 0.265 e. The molecule has 1 saturated heterocycles. The molecule has 3 aromatic rings. The van der Waals surface area contributed by atoms with Crippen molar-refractivity contribution in [3.05, 3.63) is 64.3 Å². The number of amides is 2. The minimum absolute atomic E-state index is 0.0103. The number of nitrogens with zero attached hydrogens (tertiary/aromatic N) is 2. The average Bonchev–Trinajstić information content (AvgIpc) is 3.42. The molecule has 3 heterocycles. The second-order valence-corrected chi connectivity index (χ2v) is 9.59. The highest BCUT2D eigenvalue weighted by atomic mass is 32.1. The van der Waals surface area contributed by atoms with Crippen LogP contribution >= 0.6 is 11.3 Å². The first-order valence-corrected chi connectivity index (χ1v) is 12.0. The first-order chi connectivity index (χ1) is 15.8. The topological polar surface area (TPSA) is 75.4 Å². The molecule has 0 radical (unpaired) electrons. The van der Waals surface area contributed by atoms with E-state index in [1.54, 1.807) is 12.1 Å².